The molecule has 4 rings (SSSR count). The fourth-order valence-corrected chi connectivity index (χ4v) is 2.88. The van der Waals surface area contributed by atoms with E-state index >= 15 is 0 Å². The first-order chi connectivity index (χ1) is 12.7. The topological polar surface area (TPSA) is 65.0 Å². The maximum absolute atomic E-state index is 12.7. The summed E-state index contributed by atoms with van der Waals surface area (Å²) >= 11 is 0. The summed E-state index contributed by atoms with van der Waals surface area (Å²) in [5, 5.41) is 2.96. The monoisotopic (exact) mass is 346 g/mol. The lowest BCUT2D eigenvalue weighted by Gasteiger charge is -2.15. The number of benzene rings is 1. The van der Waals surface area contributed by atoms with Crippen molar-refractivity contribution >= 4 is 5.91 Å². The molecule has 0 saturated carbocycles. The van der Waals surface area contributed by atoms with E-state index < -0.39 is 0 Å². The summed E-state index contributed by atoms with van der Waals surface area (Å²) in [4.78, 5) is 16.8. The molecule has 1 N–H and O–H groups in total. The summed E-state index contributed by atoms with van der Waals surface area (Å²) in [7, 11) is 0. The zero-order chi connectivity index (χ0) is 17.9. The third-order valence-corrected chi connectivity index (χ3v) is 4.22. The molecule has 0 aliphatic heterocycles. The van der Waals surface area contributed by atoms with Gasteiger partial charge in [0.2, 0.25) is 0 Å². The van der Waals surface area contributed by atoms with Crippen LogP contribution in [-0.2, 0) is 0 Å². The van der Waals surface area contributed by atoms with Gasteiger partial charge in [-0.2, -0.15) is 0 Å². The molecular weight excluding hydrogens is 328 g/mol. The van der Waals surface area contributed by atoms with Crippen molar-refractivity contribution in [2.75, 3.05) is 0 Å². The van der Waals surface area contributed by atoms with E-state index in [0.29, 0.717) is 5.56 Å². The van der Waals surface area contributed by atoms with E-state index in [1.807, 2.05) is 77.1 Å². The van der Waals surface area contributed by atoms with Crippen molar-refractivity contribution in [1.82, 2.24) is 19.4 Å². The summed E-state index contributed by atoms with van der Waals surface area (Å²) in [6.45, 7) is 1.89. The molecule has 0 aliphatic carbocycles. The van der Waals surface area contributed by atoms with E-state index in [1.54, 1.807) is 18.8 Å². The van der Waals surface area contributed by atoms with Crippen LogP contribution >= 0.6 is 0 Å². The van der Waals surface area contributed by atoms with Crippen LogP contribution in [0.1, 0.15) is 29.1 Å². The van der Waals surface area contributed by atoms with Gasteiger partial charge in [0.15, 0.2) is 0 Å². The second-order valence-electron chi connectivity index (χ2n) is 5.97. The molecule has 0 aliphatic rings. The van der Waals surface area contributed by atoms with Crippen molar-refractivity contribution in [3.05, 3.63) is 91.2 Å². The molecule has 0 unspecified atom stereocenters. The van der Waals surface area contributed by atoms with E-state index in [4.69, 9.17) is 4.42 Å². The van der Waals surface area contributed by atoms with Crippen LogP contribution in [0.25, 0.3) is 11.4 Å². The highest BCUT2D eigenvalue weighted by molar-refractivity contribution is 5.95. The van der Waals surface area contributed by atoms with Gasteiger partial charge in [0, 0.05) is 30.4 Å². The molecule has 0 fully saturated rings. The van der Waals surface area contributed by atoms with Gasteiger partial charge < -0.3 is 18.9 Å². The number of rotatable bonds is 5. The minimum atomic E-state index is -0.208. The molecule has 1 aromatic carbocycles. The van der Waals surface area contributed by atoms with Gasteiger partial charge >= 0.3 is 0 Å². The quantitative estimate of drug-likeness (QED) is 0.598. The zero-order valence-electron chi connectivity index (χ0n) is 14.2. The van der Waals surface area contributed by atoms with Gasteiger partial charge in [-0.25, -0.2) is 4.98 Å². The average Bonchev–Trinajstić information content (AvgIpc) is 3.44. The van der Waals surface area contributed by atoms with Crippen LogP contribution in [-0.4, -0.2) is 20.0 Å². The maximum atomic E-state index is 12.7. The summed E-state index contributed by atoms with van der Waals surface area (Å²) in [6, 6.07) is 12.9. The minimum absolute atomic E-state index is 0.153. The third-order valence-electron chi connectivity index (χ3n) is 4.22. The van der Waals surface area contributed by atoms with Crippen LogP contribution in [0.3, 0.4) is 0 Å². The highest BCUT2D eigenvalue weighted by atomic mass is 16.3. The van der Waals surface area contributed by atoms with E-state index in [-0.39, 0.29) is 11.9 Å². The molecule has 6 nitrogen and oxygen atoms in total. The van der Waals surface area contributed by atoms with Gasteiger partial charge in [-0.05, 0) is 49.4 Å². The second-order valence-corrected chi connectivity index (χ2v) is 5.97. The number of hydrogen-bond donors (Lipinski definition) is 1. The average molecular weight is 346 g/mol. The largest absolute Gasteiger partial charge is 0.467 e. The highest BCUT2D eigenvalue weighted by Crippen LogP contribution is 2.22. The van der Waals surface area contributed by atoms with E-state index in [9.17, 15) is 4.79 Å². The normalized spacial score (nSPS) is 12.0. The second kappa shape index (κ2) is 6.76. The molecular formula is C20H18N4O2. The van der Waals surface area contributed by atoms with Crippen LogP contribution in [0, 0.1) is 0 Å². The lowest BCUT2D eigenvalue weighted by molar-refractivity contribution is 0.0935. The number of aromatic nitrogens is 3. The Morgan fingerprint density at radius 1 is 1.08 bits per heavy atom. The van der Waals surface area contributed by atoms with Gasteiger partial charge in [-0.15, -0.1) is 0 Å². The molecule has 4 aromatic rings. The smallest absolute Gasteiger partial charge is 0.251 e. The molecule has 6 heteroatoms. The SMILES string of the molecule is C[C@H](NC(=O)c1ccc(-n2ccnc2)c(-n2cccc2)c1)c1ccco1. The number of furan rings is 1. The predicted molar refractivity (Wildman–Crippen MR) is 97.5 cm³/mol. The van der Waals surface area contributed by atoms with Gasteiger partial charge in [0.25, 0.3) is 5.91 Å². The van der Waals surface area contributed by atoms with Crippen molar-refractivity contribution in [1.29, 1.82) is 0 Å². The summed E-state index contributed by atoms with van der Waals surface area (Å²) in [5.41, 5.74) is 2.41. The number of nitrogens with one attached hydrogen (secondary N) is 1. The molecule has 1 atom stereocenters. The standard InChI is InChI=1S/C20H18N4O2/c1-15(19-5-4-12-26-19)22-20(25)16-6-7-17(24-11-8-21-14-24)18(13-16)23-9-2-3-10-23/h2-15H,1H3,(H,22,25)/t15-/m0/s1. The number of carbonyl (C=O) groups excluding carboxylic acids is 1. The van der Waals surface area contributed by atoms with Gasteiger partial charge in [0.1, 0.15) is 5.76 Å². The van der Waals surface area contributed by atoms with Crippen LogP contribution in [0.2, 0.25) is 0 Å². The highest BCUT2D eigenvalue weighted by Gasteiger charge is 2.16. The Morgan fingerprint density at radius 3 is 2.62 bits per heavy atom. The Labute approximate surface area is 150 Å². The Kier molecular flexibility index (Phi) is 4.15. The summed E-state index contributed by atoms with van der Waals surface area (Å²) in [6.07, 6.45) is 10.8. The Hall–Kier alpha value is -3.54. The molecule has 0 saturated heterocycles. The minimum Gasteiger partial charge on any atom is -0.467 e. The fraction of sp³-hybridized carbons (Fsp3) is 0.100. The van der Waals surface area contributed by atoms with Crippen LogP contribution in [0.15, 0.2) is 84.3 Å². The van der Waals surface area contributed by atoms with Crippen molar-refractivity contribution in [3.8, 4) is 11.4 Å². The van der Waals surface area contributed by atoms with Gasteiger partial charge in [-0.1, -0.05) is 0 Å². The van der Waals surface area contributed by atoms with Crippen LogP contribution < -0.4 is 5.32 Å². The number of carbonyl (C=O) groups is 1. The number of hydrogen-bond acceptors (Lipinski definition) is 3. The van der Waals surface area contributed by atoms with Gasteiger partial charge in [0.05, 0.1) is 30.0 Å². The number of nitrogens with zero attached hydrogens (tertiary/aromatic N) is 3. The Balaban J connectivity index is 1.67. The Bertz CT molecular complexity index is 987. The summed E-state index contributed by atoms with van der Waals surface area (Å²) < 4.78 is 9.25. The van der Waals surface area contributed by atoms with Crippen LogP contribution in [0.5, 0.6) is 0 Å². The lowest BCUT2D eigenvalue weighted by atomic mass is 10.1. The van der Waals surface area contributed by atoms with Crippen LogP contribution in [0.4, 0.5) is 0 Å². The van der Waals surface area contributed by atoms with Crippen molar-refractivity contribution in [2.24, 2.45) is 0 Å². The third kappa shape index (κ3) is 3.04. The predicted octanol–water partition coefficient (Wildman–Crippen LogP) is 3.75. The zero-order valence-corrected chi connectivity index (χ0v) is 14.2. The molecule has 26 heavy (non-hydrogen) atoms. The van der Waals surface area contributed by atoms with Crippen molar-refractivity contribution in [2.45, 2.75) is 13.0 Å². The lowest BCUT2D eigenvalue weighted by Crippen LogP contribution is -2.26. The van der Waals surface area contributed by atoms with E-state index in [2.05, 4.69) is 10.3 Å². The molecule has 0 radical (unpaired) electrons. The molecule has 1 amide bonds. The first-order valence-corrected chi connectivity index (χ1v) is 8.32. The van der Waals surface area contributed by atoms with Crippen molar-refractivity contribution in [3.63, 3.8) is 0 Å². The maximum Gasteiger partial charge on any atom is 0.251 e. The van der Waals surface area contributed by atoms with E-state index in [0.717, 1.165) is 17.1 Å². The first-order valence-electron chi connectivity index (χ1n) is 8.32. The molecule has 3 aromatic heterocycles. The molecule has 0 bridgehead atoms. The molecule has 130 valence electrons. The number of imidazole rings is 1. The van der Waals surface area contributed by atoms with E-state index in [1.165, 1.54) is 0 Å². The summed E-state index contributed by atoms with van der Waals surface area (Å²) in [5.74, 6) is 0.568. The first kappa shape index (κ1) is 16.0. The fourth-order valence-electron chi connectivity index (χ4n) is 2.88. The number of amides is 1. The van der Waals surface area contributed by atoms with Crippen molar-refractivity contribution < 1.29 is 9.21 Å². The van der Waals surface area contributed by atoms with Gasteiger partial charge in [-0.3, -0.25) is 4.79 Å². The Morgan fingerprint density at radius 2 is 1.92 bits per heavy atom. The molecule has 3 heterocycles. The molecule has 0 spiro atoms.